The second kappa shape index (κ2) is 9.15. The van der Waals surface area contributed by atoms with Gasteiger partial charge in [-0.2, -0.15) is 5.10 Å². The number of aryl methyl sites for hydroxylation is 2. The fourth-order valence-electron chi connectivity index (χ4n) is 3.97. The van der Waals surface area contributed by atoms with Crippen molar-refractivity contribution in [2.45, 2.75) is 63.2 Å². The molecule has 1 aromatic carbocycles. The van der Waals surface area contributed by atoms with E-state index in [9.17, 15) is 0 Å². The van der Waals surface area contributed by atoms with Crippen LogP contribution in [-0.4, -0.2) is 27.0 Å². The molecule has 7 heteroatoms. The highest BCUT2D eigenvalue weighted by Gasteiger charge is 2.26. The van der Waals surface area contributed by atoms with Gasteiger partial charge in [0.05, 0.1) is 23.4 Å². The van der Waals surface area contributed by atoms with Crippen LogP contribution in [0.1, 0.15) is 50.1 Å². The standard InChI is InChI=1S/C22H26ClN3OS.ClH/c1-5-15(6-2)28-22-17-8-7-9-19(17)24-21-20(13(3)25-26(21)22)16-11-10-14(27-4)12-18(16)23;/h10-12,15H,5-9H2,1-4H3;1H. The summed E-state index contributed by atoms with van der Waals surface area (Å²) >= 11 is 8.57. The highest BCUT2D eigenvalue weighted by Crippen LogP contribution is 2.40. The number of hydrogen-bond acceptors (Lipinski definition) is 4. The first kappa shape index (κ1) is 22.3. The molecule has 4 rings (SSSR count). The maximum atomic E-state index is 6.61. The van der Waals surface area contributed by atoms with Gasteiger partial charge in [0.2, 0.25) is 0 Å². The quantitative estimate of drug-likeness (QED) is 0.314. The monoisotopic (exact) mass is 451 g/mol. The number of fused-ring (bicyclic) bond motifs is 2. The smallest absolute Gasteiger partial charge is 0.164 e. The predicted molar refractivity (Wildman–Crippen MR) is 124 cm³/mol. The van der Waals surface area contributed by atoms with E-state index in [-0.39, 0.29) is 12.4 Å². The van der Waals surface area contributed by atoms with Crippen LogP contribution in [0.4, 0.5) is 0 Å². The molecule has 29 heavy (non-hydrogen) atoms. The Kier molecular flexibility index (Phi) is 7.02. The Morgan fingerprint density at radius 3 is 2.66 bits per heavy atom. The summed E-state index contributed by atoms with van der Waals surface area (Å²) < 4.78 is 7.38. The number of ether oxygens (including phenoxy) is 1. The van der Waals surface area contributed by atoms with Gasteiger partial charge in [-0.25, -0.2) is 9.50 Å². The Morgan fingerprint density at radius 1 is 1.24 bits per heavy atom. The van der Waals surface area contributed by atoms with Crippen molar-refractivity contribution in [3.63, 3.8) is 0 Å². The molecular weight excluding hydrogens is 425 g/mol. The van der Waals surface area contributed by atoms with Crippen molar-refractivity contribution in [1.29, 1.82) is 0 Å². The van der Waals surface area contributed by atoms with E-state index in [0.29, 0.717) is 10.3 Å². The van der Waals surface area contributed by atoms with Gasteiger partial charge in [-0.15, -0.1) is 24.2 Å². The lowest BCUT2D eigenvalue weighted by Crippen LogP contribution is -2.07. The van der Waals surface area contributed by atoms with Gasteiger partial charge in [-0.05, 0) is 57.2 Å². The predicted octanol–water partition coefficient (Wildman–Crippen LogP) is 6.56. The van der Waals surface area contributed by atoms with Crippen molar-refractivity contribution in [2.75, 3.05) is 7.11 Å². The molecule has 1 aliphatic rings. The van der Waals surface area contributed by atoms with Gasteiger partial charge in [0.1, 0.15) is 10.8 Å². The van der Waals surface area contributed by atoms with Crippen LogP contribution in [0.3, 0.4) is 0 Å². The van der Waals surface area contributed by atoms with Crippen LogP contribution >= 0.6 is 35.8 Å². The number of thioether (sulfide) groups is 1. The van der Waals surface area contributed by atoms with Crippen molar-refractivity contribution in [2.24, 2.45) is 0 Å². The first-order valence-corrected chi connectivity index (χ1v) is 11.2. The van der Waals surface area contributed by atoms with Crippen molar-refractivity contribution >= 4 is 41.4 Å². The number of aromatic nitrogens is 3. The number of methoxy groups -OCH3 is 1. The van der Waals surface area contributed by atoms with Crippen LogP contribution in [0.5, 0.6) is 5.75 Å². The number of halogens is 2. The number of rotatable bonds is 6. The molecular formula is C22H27Cl2N3OS. The zero-order valence-corrected chi connectivity index (χ0v) is 19.7. The van der Waals surface area contributed by atoms with E-state index in [1.807, 2.05) is 36.9 Å². The first-order valence-electron chi connectivity index (χ1n) is 9.99. The summed E-state index contributed by atoms with van der Waals surface area (Å²) in [6.07, 6.45) is 5.61. The van der Waals surface area contributed by atoms with Crippen LogP contribution in [0.2, 0.25) is 5.02 Å². The summed E-state index contributed by atoms with van der Waals surface area (Å²) in [4.78, 5) is 5.05. The molecule has 0 fully saturated rings. The van der Waals surface area contributed by atoms with Crippen LogP contribution in [0, 0.1) is 6.92 Å². The van der Waals surface area contributed by atoms with Gasteiger partial charge in [-0.3, -0.25) is 0 Å². The molecule has 156 valence electrons. The van der Waals surface area contributed by atoms with Gasteiger partial charge < -0.3 is 4.74 Å². The molecule has 0 unspecified atom stereocenters. The van der Waals surface area contributed by atoms with Gasteiger partial charge in [0.25, 0.3) is 0 Å². The minimum absolute atomic E-state index is 0. The van der Waals surface area contributed by atoms with Crippen molar-refractivity contribution < 1.29 is 4.74 Å². The number of hydrogen-bond donors (Lipinski definition) is 0. The van der Waals surface area contributed by atoms with E-state index in [4.69, 9.17) is 26.4 Å². The largest absolute Gasteiger partial charge is 0.497 e. The Balaban J connectivity index is 0.00000240. The fraction of sp³-hybridized carbons (Fsp3) is 0.455. The van der Waals surface area contributed by atoms with E-state index in [1.165, 1.54) is 22.7 Å². The third-order valence-corrected chi connectivity index (χ3v) is 7.51. The highest BCUT2D eigenvalue weighted by molar-refractivity contribution is 7.99. The Labute approximate surface area is 187 Å². The van der Waals surface area contributed by atoms with E-state index < -0.39 is 0 Å². The molecule has 0 bridgehead atoms. The molecule has 4 nitrogen and oxygen atoms in total. The van der Waals surface area contributed by atoms with Crippen molar-refractivity contribution in [3.8, 4) is 16.9 Å². The molecule has 2 aromatic heterocycles. The summed E-state index contributed by atoms with van der Waals surface area (Å²) in [5, 5.41) is 7.44. The second-order valence-corrected chi connectivity index (χ2v) is 8.99. The van der Waals surface area contributed by atoms with E-state index in [2.05, 4.69) is 18.4 Å². The van der Waals surface area contributed by atoms with Crippen LogP contribution < -0.4 is 4.74 Å². The van der Waals surface area contributed by atoms with Crippen LogP contribution in [0.15, 0.2) is 23.2 Å². The lowest BCUT2D eigenvalue weighted by Gasteiger charge is -2.16. The maximum absolute atomic E-state index is 6.61. The Bertz CT molecular complexity index is 1030. The normalized spacial score (nSPS) is 13.0. The molecule has 0 aliphatic heterocycles. The third kappa shape index (κ3) is 3.97. The van der Waals surface area contributed by atoms with Gasteiger partial charge in [-0.1, -0.05) is 25.4 Å². The lowest BCUT2D eigenvalue weighted by atomic mass is 10.1. The molecule has 0 amide bonds. The second-order valence-electron chi connectivity index (χ2n) is 7.29. The number of nitrogens with zero attached hydrogens (tertiary/aromatic N) is 3. The molecule has 0 atom stereocenters. The summed E-state index contributed by atoms with van der Waals surface area (Å²) in [7, 11) is 1.65. The summed E-state index contributed by atoms with van der Waals surface area (Å²) in [5.74, 6) is 0.752. The zero-order valence-electron chi connectivity index (χ0n) is 17.3. The van der Waals surface area contributed by atoms with Crippen molar-refractivity contribution in [1.82, 2.24) is 14.6 Å². The van der Waals surface area contributed by atoms with Crippen LogP contribution in [-0.2, 0) is 12.8 Å². The van der Waals surface area contributed by atoms with Gasteiger partial charge >= 0.3 is 0 Å². The SMILES string of the molecule is CCC(CC)Sc1c2c(nc3c(-c4ccc(OC)cc4Cl)c(C)nn13)CCC2.Cl. The average Bonchev–Trinajstić information content (AvgIpc) is 3.29. The molecule has 2 heterocycles. The van der Waals surface area contributed by atoms with Gasteiger partial charge in [0, 0.05) is 22.1 Å². The molecule has 0 N–H and O–H groups in total. The van der Waals surface area contributed by atoms with Crippen LogP contribution in [0.25, 0.3) is 16.8 Å². The Hall–Kier alpha value is -1.43. The molecule has 0 saturated carbocycles. The molecule has 0 spiro atoms. The summed E-state index contributed by atoms with van der Waals surface area (Å²) in [6.45, 7) is 6.56. The average molecular weight is 452 g/mol. The minimum Gasteiger partial charge on any atom is -0.497 e. The third-order valence-electron chi connectivity index (χ3n) is 5.55. The molecule has 3 aromatic rings. The molecule has 1 aliphatic carbocycles. The minimum atomic E-state index is 0. The van der Waals surface area contributed by atoms with E-state index in [0.717, 1.165) is 53.9 Å². The van der Waals surface area contributed by atoms with E-state index >= 15 is 0 Å². The first-order chi connectivity index (χ1) is 13.6. The maximum Gasteiger partial charge on any atom is 0.164 e. The van der Waals surface area contributed by atoms with Crippen molar-refractivity contribution in [3.05, 3.63) is 40.2 Å². The molecule has 0 radical (unpaired) electrons. The van der Waals surface area contributed by atoms with Gasteiger partial charge in [0.15, 0.2) is 5.65 Å². The summed E-state index contributed by atoms with van der Waals surface area (Å²) in [5.41, 5.74) is 6.46. The Morgan fingerprint density at radius 2 is 2.00 bits per heavy atom. The highest BCUT2D eigenvalue weighted by atomic mass is 35.5. The fourth-order valence-corrected chi connectivity index (χ4v) is 5.48. The van der Waals surface area contributed by atoms with E-state index in [1.54, 1.807) is 7.11 Å². The molecule has 0 saturated heterocycles. The zero-order chi connectivity index (χ0) is 19.8. The lowest BCUT2D eigenvalue weighted by molar-refractivity contribution is 0.415. The number of benzene rings is 1. The topological polar surface area (TPSA) is 39.4 Å². The summed E-state index contributed by atoms with van der Waals surface area (Å²) in [6, 6.07) is 5.80.